The van der Waals surface area contributed by atoms with Gasteiger partial charge in [0.1, 0.15) is 12.1 Å². The van der Waals surface area contributed by atoms with Gasteiger partial charge in [-0.1, -0.05) is 91.0 Å². The van der Waals surface area contributed by atoms with E-state index in [0.717, 1.165) is 53.6 Å². The van der Waals surface area contributed by atoms with Gasteiger partial charge in [-0.15, -0.1) is 0 Å². The van der Waals surface area contributed by atoms with Crippen molar-refractivity contribution in [1.29, 1.82) is 0 Å². The van der Waals surface area contributed by atoms with Crippen LogP contribution < -0.4 is 0 Å². The third-order valence-electron chi connectivity index (χ3n) is 6.55. The molecule has 4 aromatic rings. The van der Waals surface area contributed by atoms with E-state index in [1.807, 2.05) is 59.3 Å². The Balaban J connectivity index is 1.86. The van der Waals surface area contributed by atoms with Crippen LogP contribution in [0.4, 0.5) is 0 Å². The van der Waals surface area contributed by atoms with Crippen molar-refractivity contribution < 1.29 is 14.3 Å². The lowest BCUT2D eigenvalue weighted by Crippen LogP contribution is -2.40. The Morgan fingerprint density at radius 2 is 1.32 bits per heavy atom. The molecule has 5 heteroatoms. The summed E-state index contributed by atoms with van der Waals surface area (Å²) >= 11 is 0. The van der Waals surface area contributed by atoms with Crippen molar-refractivity contribution in [3.05, 3.63) is 125 Å². The maximum absolute atomic E-state index is 13.0. The van der Waals surface area contributed by atoms with Crippen LogP contribution >= 0.6 is 0 Å². The van der Waals surface area contributed by atoms with E-state index >= 15 is 0 Å². The highest BCUT2D eigenvalue weighted by Crippen LogP contribution is 2.43. The van der Waals surface area contributed by atoms with E-state index in [4.69, 9.17) is 9.84 Å². The summed E-state index contributed by atoms with van der Waals surface area (Å²) in [5, 5.41) is 4.97. The fourth-order valence-corrected chi connectivity index (χ4v) is 5.12. The van der Waals surface area contributed by atoms with E-state index in [-0.39, 0.29) is 6.61 Å². The Morgan fingerprint density at radius 1 is 0.824 bits per heavy atom. The average molecular weight is 451 g/mol. The second-order valence-corrected chi connectivity index (χ2v) is 8.47. The molecule has 5 rings (SSSR count). The Bertz CT molecular complexity index is 1180. The van der Waals surface area contributed by atoms with Gasteiger partial charge in [-0.25, -0.2) is 9.48 Å². The number of fused-ring (bicyclic) bond motifs is 1. The summed E-state index contributed by atoms with van der Waals surface area (Å²) in [6.07, 6.45) is 4.17. The summed E-state index contributed by atoms with van der Waals surface area (Å²) in [6, 6.07) is 30.9. The SMILES string of the molecule is O=CCOC(=O)c1nn(C(c2ccccc2)(c2ccccc2)c2ccccc2)c2c1CCCC2. The van der Waals surface area contributed by atoms with Crippen molar-refractivity contribution in [3.63, 3.8) is 0 Å². The molecule has 3 aromatic carbocycles. The molecule has 0 bridgehead atoms. The van der Waals surface area contributed by atoms with Crippen LogP contribution in [0.2, 0.25) is 0 Å². The van der Waals surface area contributed by atoms with E-state index in [9.17, 15) is 9.59 Å². The van der Waals surface area contributed by atoms with Crippen molar-refractivity contribution in [2.45, 2.75) is 31.2 Å². The zero-order valence-corrected chi connectivity index (χ0v) is 18.9. The number of carbonyl (C=O) groups excluding carboxylic acids is 2. The average Bonchev–Trinajstić information content (AvgIpc) is 3.30. The highest BCUT2D eigenvalue weighted by Gasteiger charge is 2.43. The zero-order valence-electron chi connectivity index (χ0n) is 18.9. The molecule has 0 aliphatic heterocycles. The maximum Gasteiger partial charge on any atom is 0.359 e. The summed E-state index contributed by atoms with van der Waals surface area (Å²) in [7, 11) is 0. The number of ether oxygens (including phenoxy) is 1. The minimum Gasteiger partial charge on any atom is -0.453 e. The van der Waals surface area contributed by atoms with E-state index in [1.165, 1.54) is 0 Å². The molecule has 0 amide bonds. The summed E-state index contributed by atoms with van der Waals surface area (Å²) in [6.45, 7) is -0.276. The predicted octanol–water partition coefficient (Wildman–Crippen LogP) is 4.96. The van der Waals surface area contributed by atoms with Crippen LogP contribution in [0, 0.1) is 0 Å². The Kier molecular flexibility index (Phi) is 6.09. The lowest BCUT2D eigenvalue weighted by molar-refractivity contribution is -0.110. The fraction of sp³-hybridized carbons (Fsp3) is 0.207. The first-order valence-electron chi connectivity index (χ1n) is 11.7. The van der Waals surface area contributed by atoms with Gasteiger partial charge < -0.3 is 4.74 Å². The number of rotatable bonds is 7. The molecule has 1 aromatic heterocycles. The minimum absolute atomic E-state index is 0.276. The van der Waals surface area contributed by atoms with Crippen molar-refractivity contribution in [1.82, 2.24) is 9.78 Å². The topological polar surface area (TPSA) is 61.2 Å². The van der Waals surface area contributed by atoms with Crippen LogP contribution in [0.15, 0.2) is 91.0 Å². The summed E-state index contributed by atoms with van der Waals surface area (Å²) in [5.74, 6) is -0.549. The van der Waals surface area contributed by atoms with E-state index in [0.29, 0.717) is 12.0 Å². The number of hydrogen-bond acceptors (Lipinski definition) is 4. The molecule has 170 valence electrons. The van der Waals surface area contributed by atoms with Gasteiger partial charge in [0.05, 0.1) is 0 Å². The fourth-order valence-electron chi connectivity index (χ4n) is 5.12. The van der Waals surface area contributed by atoms with Crippen molar-refractivity contribution in [3.8, 4) is 0 Å². The summed E-state index contributed by atoms with van der Waals surface area (Å²) in [5.41, 5.74) is 4.65. The van der Waals surface area contributed by atoms with Crippen LogP contribution in [-0.2, 0) is 27.9 Å². The van der Waals surface area contributed by atoms with Crippen LogP contribution in [0.25, 0.3) is 0 Å². The van der Waals surface area contributed by atoms with Gasteiger partial charge in [0, 0.05) is 11.3 Å². The van der Waals surface area contributed by atoms with E-state index in [1.54, 1.807) is 0 Å². The number of carbonyl (C=O) groups is 2. The van der Waals surface area contributed by atoms with Gasteiger partial charge in [0.25, 0.3) is 0 Å². The molecule has 0 radical (unpaired) electrons. The first-order valence-corrected chi connectivity index (χ1v) is 11.7. The van der Waals surface area contributed by atoms with E-state index in [2.05, 4.69) is 36.4 Å². The number of esters is 1. The molecular weight excluding hydrogens is 424 g/mol. The maximum atomic E-state index is 13.0. The number of benzene rings is 3. The lowest BCUT2D eigenvalue weighted by Gasteiger charge is -2.38. The second kappa shape index (κ2) is 9.48. The molecule has 0 saturated heterocycles. The summed E-state index contributed by atoms with van der Waals surface area (Å²) < 4.78 is 7.24. The van der Waals surface area contributed by atoms with Gasteiger partial charge in [0.15, 0.2) is 12.0 Å². The van der Waals surface area contributed by atoms with Crippen LogP contribution in [0.3, 0.4) is 0 Å². The molecule has 1 aliphatic rings. The van der Waals surface area contributed by atoms with Crippen molar-refractivity contribution >= 4 is 12.3 Å². The Labute approximate surface area is 199 Å². The molecule has 0 unspecified atom stereocenters. The van der Waals surface area contributed by atoms with Gasteiger partial charge in [0.2, 0.25) is 0 Å². The number of nitrogens with zero attached hydrogens (tertiary/aromatic N) is 2. The standard InChI is InChI=1S/C29H26N2O3/c32-20-21-34-28(33)27-25-18-10-11-19-26(25)31(30-27)29(22-12-4-1-5-13-22,23-14-6-2-7-15-23)24-16-8-3-9-17-24/h1-9,12-17,20H,10-11,18-19,21H2. The molecular formula is C29H26N2O3. The first kappa shape index (κ1) is 21.8. The smallest absolute Gasteiger partial charge is 0.359 e. The largest absolute Gasteiger partial charge is 0.453 e. The highest BCUT2D eigenvalue weighted by molar-refractivity contribution is 5.90. The van der Waals surface area contributed by atoms with Gasteiger partial charge in [-0.3, -0.25) is 4.79 Å². The Morgan fingerprint density at radius 3 is 1.82 bits per heavy atom. The quantitative estimate of drug-likeness (QED) is 0.227. The van der Waals surface area contributed by atoms with Gasteiger partial charge in [-0.05, 0) is 42.4 Å². The molecule has 0 spiro atoms. The van der Waals surface area contributed by atoms with Crippen LogP contribution in [0.1, 0.15) is 51.3 Å². The highest BCUT2D eigenvalue weighted by atomic mass is 16.5. The van der Waals surface area contributed by atoms with Gasteiger partial charge >= 0.3 is 5.97 Å². The second-order valence-electron chi connectivity index (χ2n) is 8.47. The number of hydrogen-bond donors (Lipinski definition) is 0. The predicted molar refractivity (Wildman–Crippen MR) is 130 cm³/mol. The monoisotopic (exact) mass is 450 g/mol. The van der Waals surface area contributed by atoms with Crippen LogP contribution in [0.5, 0.6) is 0 Å². The minimum atomic E-state index is -0.783. The molecule has 34 heavy (non-hydrogen) atoms. The summed E-state index contributed by atoms with van der Waals surface area (Å²) in [4.78, 5) is 23.8. The molecule has 0 atom stereocenters. The molecule has 5 nitrogen and oxygen atoms in total. The van der Waals surface area contributed by atoms with Crippen molar-refractivity contribution in [2.75, 3.05) is 6.61 Å². The molecule has 0 N–H and O–H groups in total. The molecule has 0 fully saturated rings. The zero-order chi connectivity index (χ0) is 23.4. The van der Waals surface area contributed by atoms with Gasteiger partial charge in [-0.2, -0.15) is 5.10 Å². The third kappa shape index (κ3) is 3.63. The lowest BCUT2D eigenvalue weighted by atomic mass is 9.76. The Hall–Kier alpha value is -3.99. The first-order chi connectivity index (χ1) is 16.8. The number of aromatic nitrogens is 2. The van der Waals surface area contributed by atoms with Crippen molar-refractivity contribution in [2.24, 2.45) is 0 Å². The molecule has 0 saturated carbocycles. The van der Waals surface area contributed by atoms with Crippen LogP contribution in [-0.4, -0.2) is 28.6 Å². The normalized spacial score (nSPS) is 13.2. The third-order valence-corrected chi connectivity index (χ3v) is 6.55. The molecule has 1 heterocycles. The van der Waals surface area contributed by atoms with E-state index < -0.39 is 11.5 Å². The molecule has 1 aliphatic carbocycles. The number of aldehydes is 1.